The third kappa shape index (κ3) is 3.17. The van der Waals surface area contributed by atoms with E-state index in [2.05, 4.69) is 29.6 Å². The zero-order valence-electron chi connectivity index (χ0n) is 13.3. The average molecular weight is 311 g/mol. The van der Waals surface area contributed by atoms with Crippen LogP contribution in [0, 0.1) is 5.92 Å². The molecule has 2 atom stereocenters. The predicted molar refractivity (Wildman–Crippen MR) is 86.9 cm³/mol. The monoisotopic (exact) mass is 311 g/mol. The molecule has 0 radical (unpaired) electrons. The Bertz CT molecular complexity index is 676. The van der Waals surface area contributed by atoms with E-state index in [9.17, 15) is 4.79 Å². The summed E-state index contributed by atoms with van der Waals surface area (Å²) in [7, 11) is 0. The normalized spacial score (nSPS) is 21.5. The Morgan fingerprint density at radius 3 is 2.78 bits per heavy atom. The number of carbonyl (C=O) groups is 1. The Balaban J connectivity index is 1.50. The average Bonchev–Trinajstić information content (AvgIpc) is 3.31. The van der Waals surface area contributed by atoms with Crippen LogP contribution in [-0.2, 0) is 17.8 Å². The SMILES string of the molecule is O=C(NC[C@H](c1ccco1)[NH+]1CCc2ccccc2C1)C1CC1. The molecule has 1 amide bonds. The van der Waals surface area contributed by atoms with Gasteiger partial charge in [0.25, 0.3) is 0 Å². The van der Waals surface area contributed by atoms with E-state index >= 15 is 0 Å². The van der Waals surface area contributed by atoms with Crippen LogP contribution in [0.25, 0.3) is 0 Å². The maximum absolute atomic E-state index is 12.0. The Morgan fingerprint density at radius 1 is 1.22 bits per heavy atom. The number of nitrogens with one attached hydrogen (secondary N) is 2. The van der Waals surface area contributed by atoms with Gasteiger partial charge in [0.1, 0.15) is 6.54 Å². The van der Waals surface area contributed by atoms with Crippen LogP contribution in [0.3, 0.4) is 0 Å². The van der Waals surface area contributed by atoms with Gasteiger partial charge in [-0.1, -0.05) is 24.3 Å². The maximum Gasteiger partial charge on any atom is 0.223 e. The van der Waals surface area contributed by atoms with Gasteiger partial charge in [-0.3, -0.25) is 4.79 Å². The number of fused-ring (bicyclic) bond motifs is 1. The molecule has 1 aromatic carbocycles. The number of benzene rings is 1. The number of hydrogen-bond donors (Lipinski definition) is 2. The third-order valence-electron chi connectivity index (χ3n) is 5.06. The molecule has 1 aliphatic carbocycles. The summed E-state index contributed by atoms with van der Waals surface area (Å²) >= 11 is 0. The van der Waals surface area contributed by atoms with Gasteiger partial charge in [0.15, 0.2) is 11.8 Å². The summed E-state index contributed by atoms with van der Waals surface area (Å²) in [6.45, 7) is 2.71. The number of quaternary nitrogens is 1. The molecule has 2 N–H and O–H groups in total. The van der Waals surface area contributed by atoms with Crippen molar-refractivity contribution in [2.45, 2.75) is 31.8 Å². The van der Waals surface area contributed by atoms with Gasteiger partial charge >= 0.3 is 0 Å². The summed E-state index contributed by atoms with van der Waals surface area (Å²) in [6, 6.07) is 12.8. The fraction of sp³-hybridized carbons (Fsp3) is 0.421. The molecule has 120 valence electrons. The fourth-order valence-corrected chi connectivity index (χ4v) is 3.53. The number of hydrogen-bond acceptors (Lipinski definition) is 2. The largest absolute Gasteiger partial charge is 0.463 e. The van der Waals surface area contributed by atoms with Crippen LogP contribution in [0.2, 0.25) is 0 Å². The van der Waals surface area contributed by atoms with Gasteiger partial charge in [0, 0.05) is 17.9 Å². The number of furan rings is 1. The first kappa shape index (κ1) is 14.5. The summed E-state index contributed by atoms with van der Waals surface area (Å²) in [5.41, 5.74) is 2.87. The molecule has 0 spiro atoms. The number of rotatable bonds is 5. The van der Waals surface area contributed by atoms with Crippen LogP contribution in [0.4, 0.5) is 0 Å². The van der Waals surface area contributed by atoms with E-state index in [0.717, 1.165) is 38.1 Å². The van der Waals surface area contributed by atoms with Crippen molar-refractivity contribution in [3.63, 3.8) is 0 Å². The lowest BCUT2D eigenvalue weighted by atomic mass is 9.98. The summed E-state index contributed by atoms with van der Waals surface area (Å²) in [6.07, 6.45) is 4.89. The first-order valence-corrected chi connectivity index (χ1v) is 8.54. The van der Waals surface area contributed by atoms with E-state index in [1.165, 1.54) is 16.0 Å². The Labute approximate surface area is 136 Å². The minimum atomic E-state index is 0.182. The molecule has 1 fully saturated rings. The summed E-state index contributed by atoms with van der Waals surface area (Å²) < 4.78 is 5.67. The molecule has 4 nitrogen and oxygen atoms in total. The van der Waals surface area contributed by atoms with Crippen molar-refractivity contribution in [2.24, 2.45) is 5.92 Å². The molecule has 23 heavy (non-hydrogen) atoms. The first-order chi connectivity index (χ1) is 11.3. The van der Waals surface area contributed by atoms with E-state index in [-0.39, 0.29) is 17.9 Å². The highest BCUT2D eigenvalue weighted by Gasteiger charge is 2.33. The number of amides is 1. The minimum Gasteiger partial charge on any atom is -0.463 e. The molecule has 0 saturated heterocycles. The van der Waals surface area contributed by atoms with Crippen molar-refractivity contribution in [1.82, 2.24) is 5.32 Å². The van der Waals surface area contributed by atoms with Crippen LogP contribution in [0.1, 0.15) is 35.8 Å². The Morgan fingerprint density at radius 2 is 2.04 bits per heavy atom. The molecule has 1 aromatic heterocycles. The highest BCUT2D eigenvalue weighted by molar-refractivity contribution is 5.80. The van der Waals surface area contributed by atoms with Gasteiger partial charge in [0.05, 0.1) is 19.4 Å². The standard InChI is InChI=1S/C19H22N2O2/c22-19(15-7-8-15)20-12-17(18-6-3-11-23-18)21-10-9-14-4-1-2-5-16(14)13-21/h1-6,11,15,17H,7-10,12-13H2,(H,20,22)/p+1/t17-/m1/s1. The van der Waals surface area contributed by atoms with Crippen molar-refractivity contribution >= 4 is 5.91 Å². The third-order valence-corrected chi connectivity index (χ3v) is 5.06. The van der Waals surface area contributed by atoms with Crippen LogP contribution >= 0.6 is 0 Å². The zero-order valence-corrected chi connectivity index (χ0v) is 13.3. The number of carbonyl (C=O) groups excluding carboxylic acids is 1. The topological polar surface area (TPSA) is 46.7 Å². The molecular weight excluding hydrogens is 288 g/mol. The smallest absolute Gasteiger partial charge is 0.223 e. The van der Waals surface area contributed by atoms with Gasteiger partial charge in [-0.25, -0.2) is 0 Å². The van der Waals surface area contributed by atoms with Gasteiger partial charge in [-0.05, 0) is 30.5 Å². The molecule has 1 aliphatic heterocycles. The second-order valence-corrected chi connectivity index (χ2v) is 6.69. The van der Waals surface area contributed by atoms with E-state index in [1.807, 2.05) is 12.1 Å². The van der Waals surface area contributed by atoms with Crippen molar-refractivity contribution in [2.75, 3.05) is 13.1 Å². The molecule has 2 aliphatic rings. The van der Waals surface area contributed by atoms with Gasteiger partial charge in [-0.15, -0.1) is 0 Å². The molecule has 4 rings (SSSR count). The summed E-state index contributed by atoms with van der Waals surface area (Å²) in [5.74, 6) is 1.43. The lowest BCUT2D eigenvalue weighted by Gasteiger charge is -2.31. The van der Waals surface area contributed by atoms with Crippen molar-refractivity contribution < 1.29 is 14.1 Å². The molecule has 2 heterocycles. The van der Waals surface area contributed by atoms with Crippen LogP contribution in [-0.4, -0.2) is 19.0 Å². The highest BCUT2D eigenvalue weighted by Crippen LogP contribution is 2.28. The van der Waals surface area contributed by atoms with Crippen LogP contribution < -0.4 is 10.2 Å². The minimum absolute atomic E-state index is 0.182. The summed E-state index contributed by atoms with van der Waals surface area (Å²) in [4.78, 5) is 13.5. The van der Waals surface area contributed by atoms with E-state index in [4.69, 9.17) is 4.42 Å². The van der Waals surface area contributed by atoms with Crippen molar-refractivity contribution in [3.05, 3.63) is 59.5 Å². The van der Waals surface area contributed by atoms with E-state index in [1.54, 1.807) is 6.26 Å². The molecule has 4 heteroatoms. The van der Waals surface area contributed by atoms with Gasteiger partial charge in [0.2, 0.25) is 5.91 Å². The quantitative estimate of drug-likeness (QED) is 0.879. The molecular formula is C19H23N2O2+. The highest BCUT2D eigenvalue weighted by atomic mass is 16.3. The molecule has 2 aromatic rings. The Kier molecular flexibility index (Phi) is 3.92. The lowest BCUT2D eigenvalue weighted by molar-refractivity contribution is -0.946. The molecule has 1 saturated carbocycles. The van der Waals surface area contributed by atoms with Gasteiger partial charge in [-0.2, -0.15) is 0 Å². The molecule has 1 unspecified atom stereocenters. The predicted octanol–water partition coefficient (Wildman–Crippen LogP) is 1.49. The molecule has 0 bridgehead atoms. The van der Waals surface area contributed by atoms with E-state index < -0.39 is 0 Å². The second-order valence-electron chi connectivity index (χ2n) is 6.69. The van der Waals surface area contributed by atoms with E-state index in [0.29, 0.717) is 6.54 Å². The maximum atomic E-state index is 12.0. The lowest BCUT2D eigenvalue weighted by Crippen LogP contribution is -3.12. The van der Waals surface area contributed by atoms with Crippen LogP contribution in [0.5, 0.6) is 0 Å². The van der Waals surface area contributed by atoms with Gasteiger partial charge < -0.3 is 14.6 Å². The second kappa shape index (κ2) is 6.20. The zero-order chi connectivity index (χ0) is 15.6. The van der Waals surface area contributed by atoms with Crippen molar-refractivity contribution in [1.29, 1.82) is 0 Å². The van der Waals surface area contributed by atoms with Crippen LogP contribution in [0.15, 0.2) is 47.1 Å². The Hall–Kier alpha value is -2.07. The summed E-state index contributed by atoms with van der Waals surface area (Å²) in [5, 5.41) is 3.13. The first-order valence-electron chi connectivity index (χ1n) is 8.54. The van der Waals surface area contributed by atoms with Crippen molar-refractivity contribution in [3.8, 4) is 0 Å². The fourth-order valence-electron chi connectivity index (χ4n) is 3.53.